The van der Waals surface area contributed by atoms with E-state index >= 15 is 0 Å². The fourth-order valence-corrected chi connectivity index (χ4v) is 2.28. The smallest absolute Gasteiger partial charge is 0.222 e. The SMILES string of the molecule is CCOC(CN(C(=O)CC)[C@H](C)c1ccccc1)OCC. The van der Waals surface area contributed by atoms with Crippen LogP contribution in [0.25, 0.3) is 0 Å². The molecule has 4 nitrogen and oxygen atoms in total. The van der Waals surface area contributed by atoms with E-state index in [1.165, 1.54) is 0 Å². The van der Waals surface area contributed by atoms with Gasteiger partial charge in [0, 0.05) is 19.6 Å². The Morgan fingerprint density at radius 3 is 2.14 bits per heavy atom. The number of ether oxygens (including phenoxy) is 2. The topological polar surface area (TPSA) is 38.8 Å². The van der Waals surface area contributed by atoms with Gasteiger partial charge in [0.2, 0.25) is 5.91 Å². The second kappa shape index (κ2) is 9.53. The maximum Gasteiger partial charge on any atom is 0.222 e. The van der Waals surface area contributed by atoms with E-state index in [-0.39, 0.29) is 18.2 Å². The Morgan fingerprint density at radius 1 is 1.10 bits per heavy atom. The molecule has 0 radical (unpaired) electrons. The van der Waals surface area contributed by atoms with E-state index in [0.29, 0.717) is 26.2 Å². The summed E-state index contributed by atoms with van der Waals surface area (Å²) in [6.45, 7) is 9.36. The number of benzene rings is 1. The Labute approximate surface area is 128 Å². The second-order valence-electron chi connectivity index (χ2n) is 4.83. The molecule has 0 aromatic heterocycles. The molecule has 0 aliphatic carbocycles. The van der Waals surface area contributed by atoms with E-state index < -0.39 is 0 Å². The molecule has 0 bridgehead atoms. The summed E-state index contributed by atoms with van der Waals surface area (Å²) in [7, 11) is 0. The minimum Gasteiger partial charge on any atom is -0.351 e. The van der Waals surface area contributed by atoms with Crippen LogP contribution in [-0.2, 0) is 14.3 Å². The van der Waals surface area contributed by atoms with Gasteiger partial charge in [-0.3, -0.25) is 4.79 Å². The van der Waals surface area contributed by atoms with Crippen molar-refractivity contribution in [3.8, 4) is 0 Å². The van der Waals surface area contributed by atoms with Crippen LogP contribution in [-0.4, -0.2) is 36.9 Å². The molecule has 21 heavy (non-hydrogen) atoms. The van der Waals surface area contributed by atoms with Gasteiger partial charge >= 0.3 is 0 Å². The van der Waals surface area contributed by atoms with Gasteiger partial charge in [0.05, 0.1) is 12.6 Å². The van der Waals surface area contributed by atoms with Crippen LogP contribution in [0.4, 0.5) is 0 Å². The van der Waals surface area contributed by atoms with Gasteiger partial charge in [0.15, 0.2) is 6.29 Å². The van der Waals surface area contributed by atoms with Crippen molar-refractivity contribution in [3.05, 3.63) is 35.9 Å². The van der Waals surface area contributed by atoms with Crippen molar-refractivity contribution in [1.82, 2.24) is 4.90 Å². The van der Waals surface area contributed by atoms with Crippen molar-refractivity contribution < 1.29 is 14.3 Å². The van der Waals surface area contributed by atoms with Crippen LogP contribution in [0.1, 0.15) is 45.7 Å². The molecule has 1 rings (SSSR count). The van der Waals surface area contributed by atoms with Gasteiger partial charge < -0.3 is 14.4 Å². The lowest BCUT2D eigenvalue weighted by Crippen LogP contribution is -2.41. The molecule has 0 aliphatic rings. The highest BCUT2D eigenvalue weighted by Gasteiger charge is 2.24. The van der Waals surface area contributed by atoms with Crippen LogP contribution in [0.3, 0.4) is 0 Å². The molecule has 0 N–H and O–H groups in total. The summed E-state index contributed by atoms with van der Waals surface area (Å²) in [6.07, 6.45) is 0.101. The van der Waals surface area contributed by atoms with Crippen LogP contribution < -0.4 is 0 Å². The van der Waals surface area contributed by atoms with Crippen LogP contribution >= 0.6 is 0 Å². The summed E-state index contributed by atoms with van der Waals surface area (Å²) in [5, 5.41) is 0. The molecule has 118 valence electrons. The van der Waals surface area contributed by atoms with Gasteiger partial charge in [0.1, 0.15) is 0 Å². The van der Waals surface area contributed by atoms with Crippen molar-refractivity contribution in [2.45, 2.75) is 46.4 Å². The molecule has 0 heterocycles. The van der Waals surface area contributed by atoms with E-state index in [0.717, 1.165) is 5.56 Å². The summed E-state index contributed by atoms with van der Waals surface area (Å²) in [5.74, 6) is 0.107. The average Bonchev–Trinajstić information content (AvgIpc) is 2.52. The third kappa shape index (κ3) is 5.48. The molecule has 1 aromatic carbocycles. The minimum atomic E-state index is -0.373. The molecule has 1 aromatic rings. The lowest BCUT2D eigenvalue weighted by molar-refractivity contribution is -0.162. The first-order valence-corrected chi connectivity index (χ1v) is 7.71. The van der Waals surface area contributed by atoms with Gasteiger partial charge in [-0.15, -0.1) is 0 Å². The highest BCUT2D eigenvalue weighted by Crippen LogP contribution is 2.21. The Bertz CT molecular complexity index is 402. The third-order valence-electron chi connectivity index (χ3n) is 3.42. The normalized spacial score (nSPS) is 12.4. The number of carbonyl (C=O) groups excluding carboxylic acids is 1. The van der Waals surface area contributed by atoms with Crippen LogP contribution in [0, 0.1) is 0 Å². The Hall–Kier alpha value is -1.39. The standard InChI is InChI=1S/C17H27NO3/c1-5-16(19)18(13-17(20-6-2)21-7-3)14(4)15-11-9-8-10-12-15/h8-12,14,17H,5-7,13H2,1-4H3/t14-/m1/s1. The zero-order chi connectivity index (χ0) is 15.7. The molecule has 1 amide bonds. The molecule has 0 spiro atoms. The second-order valence-corrected chi connectivity index (χ2v) is 4.83. The maximum absolute atomic E-state index is 12.3. The van der Waals surface area contributed by atoms with Crippen molar-refractivity contribution in [2.24, 2.45) is 0 Å². The van der Waals surface area contributed by atoms with Gasteiger partial charge in [-0.1, -0.05) is 37.3 Å². The van der Waals surface area contributed by atoms with Crippen LogP contribution in [0.2, 0.25) is 0 Å². The van der Waals surface area contributed by atoms with Crippen molar-refractivity contribution in [2.75, 3.05) is 19.8 Å². The predicted molar refractivity (Wildman–Crippen MR) is 83.9 cm³/mol. The van der Waals surface area contributed by atoms with Gasteiger partial charge in [-0.25, -0.2) is 0 Å². The lowest BCUT2D eigenvalue weighted by Gasteiger charge is -2.32. The molecule has 0 saturated heterocycles. The highest BCUT2D eigenvalue weighted by molar-refractivity contribution is 5.76. The summed E-state index contributed by atoms with van der Waals surface area (Å²) >= 11 is 0. The number of amides is 1. The summed E-state index contributed by atoms with van der Waals surface area (Å²) in [5.41, 5.74) is 1.12. The van der Waals surface area contributed by atoms with E-state index in [1.54, 1.807) is 0 Å². The maximum atomic E-state index is 12.3. The number of hydrogen-bond acceptors (Lipinski definition) is 3. The van der Waals surface area contributed by atoms with Crippen molar-refractivity contribution >= 4 is 5.91 Å². The molecule has 0 saturated carbocycles. The number of carbonyl (C=O) groups is 1. The van der Waals surface area contributed by atoms with Crippen LogP contribution in [0.15, 0.2) is 30.3 Å². The van der Waals surface area contributed by atoms with Gasteiger partial charge in [-0.05, 0) is 26.3 Å². The van der Waals surface area contributed by atoms with E-state index in [1.807, 2.05) is 62.9 Å². The summed E-state index contributed by atoms with van der Waals surface area (Å²) in [6, 6.07) is 10.0. The molecule has 0 unspecified atom stereocenters. The van der Waals surface area contributed by atoms with Crippen molar-refractivity contribution in [3.63, 3.8) is 0 Å². The van der Waals surface area contributed by atoms with E-state index in [2.05, 4.69) is 0 Å². The zero-order valence-electron chi connectivity index (χ0n) is 13.5. The molecule has 4 heteroatoms. The predicted octanol–water partition coefficient (Wildman–Crippen LogP) is 3.39. The highest BCUT2D eigenvalue weighted by atomic mass is 16.7. The molecule has 1 atom stereocenters. The molecule has 0 fully saturated rings. The lowest BCUT2D eigenvalue weighted by atomic mass is 10.1. The quantitative estimate of drug-likeness (QED) is 0.655. The Balaban J connectivity index is 2.86. The fraction of sp³-hybridized carbons (Fsp3) is 0.588. The number of hydrogen-bond donors (Lipinski definition) is 0. The molecule has 0 aliphatic heterocycles. The largest absolute Gasteiger partial charge is 0.351 e. The number of nitrogens with zero attached hydrogens (tertiary/aromatic N) is 1. The first-order chi connectivity index (χ1) is 10.1. The molecular formula is C17H27NO3. The zero-order valence-corrected chi connectivity index (χ0v) is 13.5. The summed E-state index contributed by atoms with van der Waals surface area (Å²) in [4.78, 5) is 14.1. The van der Waals surface area contributed by atoms with Crippen molar-refractivity contribution in [1.29, 1.82) is 0 Å². The Kier molecular flexibility index (Phi) is 8.01. The Morgan fingerprint density at radius 2 is 1.67 bits per heavy atom. The van der Waals surface area contributed by atoms with Gasteiger partial charge in [-0.2, -0.15) is 0 Å². The number of rotatable bonds is 9. The first kappa shape index (κ1) is 17.7. The monoisotopic (exact) mass is 293 g/mol. The summed E-state index contributed by atoms with van der Waals surface area (Å²) < 4.78 is 11.2. The fourth-order valence-electron chi connectivity index (χ4n) is 2.28. The third-order valence-corrected chi connectivity index (χ3v) is 3.42. The van der Waals surface area contributed by atoms with Gasteiger partial charge in [0.25, 0.3) is 0 Å². The van der Waals surface area contributed by atoms with Crippen LogP contribution in [0.5, 0.6) is 0 Å². The average molecular weight is 293 g/mol. The first-order valence-electron chi connectivity index (χ1n) is 7.71. The minimum absolute atomic E-state index is 0.00191. The van der Waals surface area contributed by atoms with E-state index in [9.17, 15) is 4.79 Å². The van der Waals surface area contributed by atoms with E-state index in [4.69, 9.17) is 9.47 Å². The molecular weight excluding hydrogens is 266 g/mol.